The third-order valence-electron chi connectivity index (χ3n) is 4.60. The number of hydrogen-bond donors (Lipinski definition) is 3. The van der Waals surface area contributed by atoms with Gasteiger partial charge in [-0.1, -0.05) is 23.7 Å². The number of carbonyl (C=O) groups excluding carboxylic acids is 4. The maximum atomic E-state index is 12.5. The Bertz CT molecular complexity index is 828. The Morgan fingerprint density at radius 3 is 2.72 bits per heavy atom. The van der Waals surface area contributed by atoms with Crippen LogP contribution in [0.5, 0.6) is 0 Å². The summed E-state index contributed by atoms with van der Waals surface area (Å²) in [6.45, 7) is 1.76. The van der Waals surface area contributed by atoms with E-state index in [-0.39, 0.29) is 12.1 Å². The number of hydrogen-bond acceptors (Lipinski definition) is 5. The van der Waals surface area contributed by atoms with Gasteiger partial charge in [0, 0.05) is 6.54 Å². The quantitative estimate of drug-likeness (QED) is 0.522. The van der Waals surface area contributed by atoms with E-state index >= 15 is 0 Å². The van der Waals surface area contributed by atoms with Crippen LogP contribution in [-0.2, 0) is 19.2 Å². The molecule has 2 rings (SSSR count). The van der Waals surface area contributed by atoms with Gasteiger partial charge in [-0.25, -0.2) is 0 Å². The number of aryl methyl sites for hydroxylation is 1. The number of likely N-dealkylation sites (tertiary alicyclic amines) is 1. The van der Waals surface area contributed by atoms with Crippen molar-refractivity contribution in [2.24, 2.45) is 0 Å². The van der Waals surface area contributed by atoms with Gasteiger partial charge in [0.1, 0.15) is 12.3 Å². The lowest BCUT2D eigenvalue weighted by Crippen LogP contribution is -2.51. The highest BCUT2D eigenvalue weighted by Crippen LogP contribution is 2.20. The summed E-state index contributed by atoms with van der Waals surface area (Å²) in [7, 11) is 0. The van der Waals surface area contributed by atoms with Gasteiger partial charge in [0.05, 0.1) is 29.6 Å². The van der Waals surface area contributed by atoms with E-state index in [9.17, 15) is 24.0 Å². The molecule has 0 saturated carbocycles. The number of nitrogens with one attached hydrogen (secondary N) is 2. The molecule has 1 saturated heterocycles. The van der Waals surface area contributed by atoms with Gasteiger partial charge in [0.25, 0.3) is 5.91 Å². The molecule has 0 aliphatic carbocycles. The summed E-state index contributed by atoms with van der Waals surface area (Å²) in [4.78, 5) is 60.2. The molecule has 1 aromatic carbocycles. The second kappa shape index (κ2) is 10.0. The first-order valence-electron chi connectivity index (χ1n) is 9.04. The fraction of sp³-hybridized carbons (Fsp3) is 0.421. The molecule has 2 atom stereocenters. The minimum atomic E-state index is -1.22. The van der Waals surface area contributed by atoms with Crippen LogP contribution in [0.4, 0.5) is 0 Å². The van der Waals surface area contributed by atoms with Crippen molar-refractivity contribution in [1.82, 2.24) is 15.5 Å². The molecule has 29 heavy (non-hydrogen) atoms. The average Bonchev–Trinajstić information content (AvgIpc) is 3.17. The van der Waals surface area contributed by atoms with Crippen molar-refractivity contribution >= 4 is 41.6 Å². The number of aliphatic carboxylic acids is 1. The summed E-state index contributed by atoms with van der Waals surface area (Å²) in [5, 5.41) is 13.9. The molecule has 1 aliphatic rings. The fourth-order valence-corrected chi connectivity index (χ4v) is 3.33. The highest BCUT2D eigenvalue weighted by molar-refractivity contribution is 6.34. The molecule has 1 heterocycles. The van der Waals surface area contributed by atoms with E-state index in [1.165, 1.54) is 4.90 Å². The van der Waals surface area contributed by atoms with Crippen molar-refractivity contribution in [3.05, 3.63) is 34.3 Å². The average molecular weight is 424 g/mol. The lowest BCUT2D eigenvalue weighted by molar-refractivity contribution is -0.140. The van der Waals surface area contributed by atoms with Gasteiger partial charge in [0.2, 0.25) is 11.8 Å². The Hall–Kier alpha value is -2.94. The molecule has 1 aromatic rings. The maximum Gasteiger partial charge on any atom is 0.305 e. The Labute approximate surface area is 172 Å². The first kappa shape index (κ1) is 22.4. The summed E-state index contributed by atoms with van der Waals surface area (Å²) in [6.07, 6.45) is 0.766. The number of nitrogens with zero attached hydrogens (tertiary/aromatic N) is 1. The molecule has 0 spiro atoms. The highest BCUT2D eigenvalue weighted by Gasteiger charge is 2.35. The predicted octanol–water partition coefficient (Wildman–Crippen LogP) is 0.528. The fourth-order valence-electron chi connectivity index (χ4n) is 3.11. The summed E-state index contributed by atoms with van der Waals surface area (Å²) < 4.78 is 0. The normalized spacial score (nSPS) is 16.8. The summed E-state index contributed by atoms with van der Waals surface area (Å²) in [5.41, 5.74) is 0.977. The monoisotopic (exact) mass is 423 g/mol. The standard InChI is InChI=1S/C19H22ClN3O6/c1-11-4-2-5-13(17(11)20)18(28)21-9-15(25)23-7-3-6-14(23)19(29)22-12(10-24)8-16(26)27/h2,4-5,10,12,14H,3,6-9H2,1H3,(H,21,28)(H,22,29)(H,26,27)/t12-,14?/m0/s1. The molecule has 0 bridgehead atoms. The van der Waals surface area contributed by atoms with Gasteiger partial charge in [-0.3, -0.25) is 19.2 Å². The maximum absolute atomic E-state index is 12.5. The molecule has 3 amide bonds. The van der Waals surface area contributed by atoms with Crippen molar-refractivity contribution in [2.75, 3.05) is 13.1 Å². The smallest absolute Gasteiger partial charge is 0.305 e. The lowest BCUT2D eigenvalue weighted by atomic mass is 10.1. The molecule has 1 fully saturated rings. The van der Waals surface area contributed by atoms with Gasteiger partial charge in [-0.15, -0.1) is 0 Å². The highest BCUT2D eigenvalue weighted by atomic mass is 35.5. The van der Waals surface area contributed by atoms with Crippen molar-refractivity contribution in [2.45, 2.75) is 38.3 Å². The van der Waals surface area contributed by atoms with Crippen LogP contribution in [-0.4, -0.2) is 65.2 Å². The SMILES string of the molecule is Cc1cccc(C(=O)NCC(=O)N2CCCC2C(=O)N[C@H](C=O)CC(=O)O)c1Cl. The van der Waals surface area contributed by atoms with Crippen LogP contribution in [0.15, 0.2) is 18.2 Å². The Balaban J connectivity index is 1.96. The van der Waals surface area contributed by atoms with E-state index in [0.717, 1.165) is 5.56 Å². The van der Waals surface area contributed by atoms with Crippen LogP contribution in [0.2, 0.25) is 5.02 Å². The Kier molecular flexibility index (Phi) is 7.72. The number of benzene rings is 1. The van der Waals surface area contributed by atoms with Gasteiger partial charge in [-0.2, -0.15) is 0 Å². The van der Waals surface area contributed by atoms with Gasteiger partial charge >= 0.3 is 5.97 Å². The first-order valence-corrected chi connectivity index (χ1v) is 9.42. The topological polar surface area (TPSA) is 133 Å². The molecule has 9 nitrogen and oxygen atoms in total. The zero-order valence-electron chi connectivity index (χ0n) is 15.8. The van der Waals surface area contributed by atoms with E-state index in [1.54, 1.807) is 25.1 Å². The number of amides is 3. The number of carboxylic acids is 1. The van der Waals surface area contributed by atoms with Crippen molar-refractivity contribution in [1.29, 1.82) is 0 Å². The van der Waals surface area contributed by atoms with E-state index in [2.05, 4.69) is 10.6 Å². The van der Waals surface area contributed by atoms with E-state index < -0.39 is 42.2 Å². The van der Waals surface area contributed by atoms with E-state index in [0.29, 0.717) is 30.7 Å². The summed E-state index contributed by atoms with van der Waals surface area (Å²) >= 11 is 6.11. The minimum absolute atomic E-state index is 0.248. The zero-order valence-corrected chi connectivity index (χ0v) is 16.6. The van der Waals surface area contributed by atoms with Crippen LogP contribution in [0.25, 0.3) is 0 Å². The van der Waals surface area contributed by atoms with Crippen LogP contribution in [0, 0.1) is 6.92 Å². The molecule has 10 heteroatoms. The van der Waals surface area contributed by atoms with Gasteiger partial charge in [0.15, 0.2) is 0 Å². The summed E-state index contributed by atoms with van der Waals surface area (Å²) in [5.74, 6) is -2.78. The van der Waals surface area contributed by atoms with Gasteiger partial charge < -0.3 is 25.4 Å². The van der Waals surface area contributed by atoms with E-state index in [4.69, 9.17) is 16.7 Å². The Morgan fingerprint density at radius 2 is 2.07 bits per heavy atom. The largest absolute Gasteiger partial charge is 0.481 e. The second-order valence-electron chi connectivity index (χ2n) is 6.71. The first-order chi connectivity index (χ1) is 13.7. The van der Waals surface area contributed by atoms with Crippen LogP contribution in [0.1, 0.15) is 35.2 Å². The number of carboxylic acid groups (broad SMARTS) is 1. The van der Waals surface area contributed by atoms with Crippen molar-refractivity contribution < 1.29 is 29.1 Å². The van der Waals surface area contributed by atoms with Crippen LogP contribution < -0.4 is 10.6 Å². The molecule has 1 aliphatic heterocycles. The molecule has 3 N–H and O–H groups in total. The molecular formula is C19H22ClN3O6. The third-order valence-corrected chi connectivity index (χ3v) is 5.10. The summed E-state index contributed by atoms with van der Waals surface area (Å²) in [6, 6.07) is 3.00. The zero-order chi connectivity index (χ0) is 21.6. The van der Waals surface area contributed by atoms with Gasteiger partial charge in [-0.05, 0) is 31.4 Å². The lowest BCUT2D eigenvalue weighted by Gasteiger charge is -2.25. The number of aldehydes is 1. The number of rotatable bonds is 8. The Morgan fingerprint density at radius 1 is 1.34 bits per heavy atom. The number of carbonyl (C=O) groups is 5. The minimum Gasteiger partial charge on any atom is -0.481 e. The van der Waals surface area contributed by atoms with Crippen molar-refractivity contribution in [3.8, 4) is 0 Å². The van der Waals surface area contributed by atoms with Crippen molar-refractivity contribution in [3.63, 3.8) is 0 Å². The third kappa shape index (κ3) is 5.77. The second-order valence-corrected chi connectivity index (χ2v) is 7.09. The van der Waals surface area contributed by atoms with E-state index in [1.807, 2.05) is 0 Å². The predicted molar refractivity (Wildman–Crippen MR) is 104 cm³/mol. The van der Waals surface area contributed by atoms with Crippen LogP contribution >= 0.6 is 11.6 Å². The molecule has 156 valence electrons. The molecule has 0 aromatic heterocycles. The molecule has 1 unspecified atom stereocenters. The molecule has 0 radical (unpaired) electrons. The molecular weight excluding hydrogens is 402 g/mol. The van der Waals surface area contributed by atoms with Crippen LogP contribution in [0.3, 0.4) is 0 Å². The number of halogens is 1.